The van der Waals surface area contributed by atoms with Gasteiger partial charge in [0.15, 0.2) is 0 Å². The van der Waals surface area contributed by atoms with Gasteiger partial charge in [0.05, 0.1) is 0 Å². The average molecular weight is 564 g/mol. The lowest BCUT2D eigenvalue weighted by Gasteiger charge is -2.20. The van der Waals surface area contributed by atoms with Crippen molar-refractivity contribution in [3.05, 3.63) is 72.3 Å². The van der Waals surface area contributed by atoms with Crippen LogP contribution in [0, 0.1) is 0 Å². The first kappa shape index (κ1) is 28.5. The average Bonchev–Trinajstić information content (AvgIpc) is 3.58. The summed E-state index contributed by atoms with van der Waals surface area (Å²) in [7, 11) is 0. The second-order valence-corrected chi connectivity index (χ2v) is 10.5. The molecule has 0 unspecified atom stereocenters. The first-order chi connectivity index (χ1) is 19.2. The minimum absolute atomic E-state index is 0.0509. The van der Waals surface area contributed by atoms with Crippen molar-refractivity contribution < 1.29 is 34.2 Å². The highest BCUT2D eigenvalue weighted by atomic mass is 32.1. The molecule has 2 heterocycles. The van der Waals surface area contributed by atoms with Gasteiger partial charge in [-0.15, -0.1) is 11.3 Å². The molecule has 10 nitrogen and oxygen atoms in total. The Labute approximate surface area is 234 Å². The Kier molecular flexibility index (Phi) is 9.28. The Bertz CT molecular complexity index is 1390. The van der Waals surface area contributed by atoms with E-state index in [0.29, 0.717) is 11.3 Å². The fourth-order valence-corrected chi connectivity index (χ4v) is 5.44. The Hall–Kier alpha value is -4.51. The highest BCUT2D eigenvalue weighted by Gasteiger charge is 2.37. The van der Waals surface area contributed by atoms with Crippen molar-refractivity contribution in [1.29, 1.82) is 0 Å². The minimum Gasteiger partial charge on any atom is -0.481 e. The minimum atomic E-state index is -1.40. The zero-order chi connectivity index (χ0) is 28.6. The van der Waals surface area contributed by atoms with Gasteiger partial charge in [0.25, 0.3) is 5.91 Å². The lowest BCUT2D eigenvalue weighted by atomic mass is 10.1. The van der Waals surface area contributed by atoms with Crippen LogP contribution in [0.2, 0.25) is 0 Å². The van der Waals surface area contributed by atoms with E-state index in [-0.39, 0.29) is 32.2 Å². The quantitative estimate of drug-likeness (QED) is 0.277. The molecule has 0 bridgehead atoms. The molecular weight excluding hydrogens is 534 g/mol. The summed E-state index contributed by atoms with van der Waals surface area (Å²) < 4.78 is 0. The molecule has 1 aliphatic heterocycles. The first-order valence-corrected chi connectivity index (χ1v) is 13.6. The van der Waals surface area contributed by atoms with Crippen LogP contribution in [0.25, 0.3) is 20.9 Å². The van der Waals surface area contributed by atoms with E-state index in [0.717, 1.165) is 21.6 Å². The van der Waals surface area contributed by atoms with Crippen molar-refractivity contribution >= 4 is 41.1 Å². The maximum absolute atomic E-state index is 12.8. The third kappa shape index (κ3) is 7.32. The van der Waals surface area contributed by atoms with E-state index in [1.807, 2.05) is 42.5 Å². The van der Waals surface area contributed by atoms with Crippen molar-refractivity contribution in [3.63, 3.8) is 0 Å². The molecule has 1 fully saturated rings. The van der Waals surface area contributed by atoms with Crippen molar-refractivity contribution in [2.45, 2.75) is 44.2 Å². The number of carboxylic acids is 1. The number of nitrogens with zero attached hydrogens (tertiary/aromatic N) is 1. The van der Waals surface area contributed by atoms with Crippen LogP contribution in [0.1, 0.15) is 31.2 Å². The number of nitrogens with one attached hydrogen (secondary N) is 2. The van der Waals surface area contributed by atoms with Crippen LogP contribution in [0.4, 0.5) is 4.79 Å². The molecule has 4 N–H and O–H groups in total. The van der Waals surface area contributed by atoms with Crippen LogP contribution in [0.15, 0.2) is 66.7 Å². The second kappa shape index (κ2) is 13.0. The Morgan fingerprint density at radius 2 is 1.55 bits per heavy atom. The molecule has 1 aromatic heterocycles. The number of amides is 4. The summed E-state index contributed by atoms with van der Waals surface area (Å²) in [6.45, 7) is -0.0509. The SMILES string of the molecule is O=C(O)CC[C@H](NC(=O)CCc1ccc(-c2ccc(-c3ccccc3)s2)cc1)C(=O)N[C@H]1CCN(C(=O)O)C1=O. The molecule has 0 spiro atoms. The summed E-state index contributed by atoms with van der Waals surface area (Å²) in [5, 5.41) is 23.1. The molecule has 4 rings (SSSR count). The van der Waals surface area contributed by atoms with Gasteiger partial charge < -0.3 is 20.8 Å². The van der Waals surface area contributed by atoms with Gasteiger partial charge in [-0.1, -0.05) is 54.6 Å². The predicted molar refractivity (Wildman–Crippen MR) is 149 cm³/mol. The van der Waals surface area contributed by atoms with Crippen LogP contribution in [-0.4, -0.2) is 63.5 Å². The van der Waals surface area contributed by atoms with E-state index in [4.69, 9.17) is 10.2 Å². The number of carbonyl (C=O) groups excluding carboxylic acids is 3. The molecule has 0 saturated carbocycles. The molecule has 0 radical (unpaired) electrons. The molecule has 208 valence electrons. The van der Waals surface area contributed by atoms with Gasteiger partial charge in [0, 0.05) is 29.1 Å². The highest BCUT2D eigenvalue weighted by Crippen LogP contribution is 2.34. The summed E-state index contributed by atoms with van der Waals surface area (Å²) >= 11 is 1.70. The van der Waals surface area contributed by atoms with Crippen molar-refractivity contribution in [2.75, 3.05) is 6.54 Å². The molecule has 11 heteroatoms. The Morgan fingerprint density at radius 1 is 0.900 bits per heavy atom. The lowest BCUT2D eigenvalue weighted by Crippen LogP contribution is -2.52. The molecule has 0 aliphatic carbocycles. The fourth-order valence-electron chi connectivity index (χ4n) is 4.42. The van der Waals surface area contributed by atoms with Gasteiger partial charge in [-0.2, -0.15) is 0 Å². The summed E-state index contributed by atoms with van der Waals surface area (Å²) in [5.41, 5.74) is 3.15. The molecular formula is C29H29N3O7S. The molecule has 1 aliphatic rings. The summed E-state index contributed by atoms with van der Waals surface area (Å²) in [4.78, 5) is 62.7. The number of carbonyl (C=O) groups is 5. The second-order valence-electron chi connectivity index (χ2n) is 9.40. The molecule has 2 aromatic carbocycles. The number of carboxylic acid groups (broad SMARTS) is 2. The standard InChI is InChI=1S/C29H29N3O7S/c33-25(30-21(11-15-26(34)35)27(36)31-22-16-17-32(28(22)37)29(38)39)14-8-18-6-9-20(10-7-18)24-13-12-23(40-24)19-4-2-1-3-5-19/h1-7,9-10,12-13,21-22H,8,11,14-17H2,(H,30,33)(H,31,36)(H,34,35)(H,38,39)/t21-,22-/m0/s1. The number of benzene rings is 2. The van der Waals surface area contributed by atoms with Crippen LogP contribution >= 0.6 is 11.3 Å². The zero-order valence-corrected chi connectivity index (χ0v) is 22.4. The first-order valence-electron chi connectivity index (χ1n) is 12.8. The number of rotatable bonds is 11. The van der Waals surface area contributed by atoms with Gasteiger partial charge in [-0.25, -0.2) is 9.69 Å². The van der Waals surface area contributed by atoms with Gasteiger partial charge in [-0.05, 0) is 48.1 Å². The van der Waals surface area contributed by atoms with Crippen molar-refractivity contribution in [2.24, 2.45) is 0 Å². The number of hydrogen-bond donors (Lipinski definition) is 4. The van der Waals surface area contributed by atoms with Crippen molar-refractivity contribution in [1.82, 2.24) is 15.5 Å². The summed E-state index contributed by atoms with van der Waals surface area (Å²) in [6.07, 6.45) is -1.36. The number of aliphatic carboxylic acids is 1. The molecule has 3 aromatic rings. The topological polar surface area (TPSA) is 153 Å². The van der Waals surface area contributed by atoms with E-state index in [2.05, 4.69) is 34.9 Å². The molecule has 1 saturated heterocycles. The largest absolute Gasteiger partial charge is 0.481 e. The van der Waals surface area contributed by atoms with E-state index >= 15 is 0 Å². The number of aryl methyl sites for hydroxylation is 1. The van der Waals surface area contributed by atoms with Crippen LogP contribution in [0.3, 0.4) is 0 Å². The summed E-state index contributed by atoms with van der Waals surface area (Å²) in [5.74, 6) is -3.06. The maximum Gasteiger partial charge on any atom is 0.414 e. The van der Waals surface area contributed by atoms with Crippen molar-refractivity contribution in [3.8, 4) is 20.9 Å². The molecule has 4 amide bonds. The van der Waals surface area contributed by atoms with Gasteiger partial charge >= 0.3 is 12.1 Å². The number of imide groups is 1. The van der Waals surface area contributed by atoms with E-state index in [1.54, 1.807) is 11.3 Å². The smallest absolute Gasteiger partial charge is 0.414 e. The Morgan fingerprint density at radius 3 is 2.15 bits per heavy atom. The van der Waals surface area contributed by atoms with Gasteiger partial charge in [-0.3, -0.25) is 19.2 Å². The lowest BCUT2D eigenvalue weighted by molar-refractivity contribution is -0.138. The third-order valence-corrected chi connectivity index (χ3v) is 7.78. The molecule has 40 heavy (non-hydrogen) atoms. The number of likely N-dealkylation sites (tertiary alicyclic amines) is 1. The van der Waals surface area contributed by atoms with Gasteiger partial charge in [0.1, 0.15) is 12.1 Å². The van der Waals surface area contributed by atoms with Crippen LogP contribution in [0.5, 0.6) is 0 Å². The van der Waals surface area contributed by atoms with E-state index < -0.39 is 41.9 Å². The molecule has 2 atom stereocenters. The highest BCUT2D eigenvalue weighted by molar-refractivity contribution is 7.18. The van der Waals surface area contributed by atoms with E-state index in [1.165, 1.54) is 4.88 Å². The monoisotopic (exact) mass is 563 g/mol. The number of thiophene rings is 1. The third-order valence-electron chi connectivity index (χ3n) is 6.59. The van der Waals surface area contributed by atoms with Crippen LogP contribution < -0.4 is 10.6 Å². The number of hydrogen-bond acceptors (Lipinski definition) is 6. The normalized spacial score (nSPS) is 15.4. The zero-order valence-electron chi connectivity index (χ0n) is 21.5. The maximum atomic E-state index is 12.8. The summed E-state index contributed by atoms with van der Waals surface area (Å²) in [6, 6.07) is 20.0. The predicted octanol–water partition coefficient (Wildman–Crippen LogP) is 3.76. The van der Waals surface area contributed by atoms with Gasteiger partial charge in [0.2, 0.25) is 11.8 Å². The fraction of sp³-hybridized carbons (Fsp3) is 0.276. The Balaban J connectivity index is 1.31. The van der Waals surface area contributed by atoms with E-state index in [9.17, 15) is 24.0 Å². The van der Waals surface area contributed by atoms with Crippen LogP contribution in [-0.2, 0) is 25.6 Å².